The van der Waals surface area contributed by atoms with Crippen LogP contribution >= 0.6 is 0 Å². The molecule has 0 aliphatic rings. The number of carboxylic acids is 1. The fourth-order valence-corrected chi connectivity index (χ4v) is 1.83. The Morgan fingerprint density at radius 1 is 1.00 bits per heavy atom. The van der Waals surface area contributed by atoms with Crippen LogP contribution in [0.15, 0.2) is 60.7 Å². The monoisotopic (exact) mass is 238 g/mol. The van der Waals surface area contributed by atoms with Gasteiger partial charge in [0.25, 0.3) is 0 Å². The first-order chi connectivity index (χ1) is 8.75. The lowest BCUT2D eigenvalue weighted by atomic mass is 9.99. The Hall–Kier alpha value is -2.35. The number of carbonyl (C=O) groups is 1. The van der Waals surface area contributed by atoms with Gasteiger partial charge in [-0.2, -0.15) is 0 Å². The van der Waals surface area contributed by atoms with E-state index in [1.165, 1.54) is 11.6 Å². The van der Waals surface area contributed by atoms with Gasteiger partial charge in [-0.1, -0.05) is 54.6 Å². The predicted octanol–water partition coefficient (Wildman–Crippen LogP) is 3.38. The van der Waals surface area contributed by atoms with Crippen LogP contribution in [-0.4, -0.2) is 11.1 Å². The molecule has 0 saturated heterocycles. The molecule has 0 heterocycles. The SMILES string of the molecule is O=C(O)/C=C/c1ccccc1Cc1ccccc1. The highest BCUT2D eigenvalue weighted by molar-refractivity contribution is 5.85. The molecule has 2 nitrogen and oxygen atoms in total. The van der Waals surface area contributed by atoms with Crippen molar-refractivity contribution in [1.82, 2.24) is 0 Å². The summed E-state index contributed by atoms with van der Waals surface area (Å²) in [7, 11) is 0. The van der Waals surface area contributed by atoms with Gasteiger partial charge in [-0.15, -0.1) is 0 Å². The Kier molecular flexibility index (Phi) is 3.92. The number of aliphatic carboxylic acids is 1. The van der Waals surface area contributed by atoms with E-state index in [2.05, 4.69) is 12.1 Å². The molecule has 0 amide bonds. The van der Waals surface area contributed by atoms with Gasteiger partial charge in [-0.25, -0.2) is 4.79 Å². The van der Waals surface area contributed by atoms with E-state index in [1.807, 2.05) is 42.5 Å². The van der Waals surface area contributed by atoms with Crippen LogP contribution in [0.4, 0.5) is 0 Å². The van der Waals surface area contributed by atoms with Crippen molar-refractivity contribution in [1.29, 1.82) is 0 Å². The first kappa shape index (κ1) is 12.1. The van der Waals surface area contributed by atoms with Crippen molar-refractivity contribution in [3.63, 3.8) is 0 Å². The van der Waals surface area contributed by atoms with Gasteiger partial charge >= 0.3 is 5.97 Å². The molecule has 2 aromatic rings. The fourth-order valence-electron chi connectivity index (χ4n) is 1.83. The maximum Gasteiger partial charge on any atom is 0.328 e. The van der Waals surface area contributed by atoms with Crippen molar-refractivity contribution >= 4 is 12.0 Å². The summed E-state index contributed by atoms with van der Waals surface area (Å²) >= 11 is 0. The van der Waals surface area contributed by atoms with Gasteiger partial charge in [0.05, 0.1) is 0 Å². The van der Waals surface area contributed by atoms with E-state index >= 15 is 0 Å². The van der Waals surface area contributed by atoms with Crippen molar-refractivity contribution in [2.75, 3.05) is 0 Å². The number of hydrogen-bond donors (Lipinski definition) is 1. The summed E-state index contributed by atoms with van der Waals surface area (Å²) in [6.07, 6.45) is 3.62. The summed E-state index contributed by atoms with van der Waals surface area (Å²) in [6.45, 7) is 0. The quantitative estimate of drug-likeness (QED) is 0.829. The summed E-state index contributed by atoms with van der Waals surface area (Å²) in [4.78, 5) is 10.6. The van der Waals surface area contributed by atoms with E-state index in [1.54, 1.807) is 6.08 Å². The maximum absolute atomic E-state index is 10.6. The van der Waals surface area contributed by atoms with Gasteiger partial charge in [0.2, 0.25) is 0 Å². The van der Waals surface area contributed by atoms with Crippen LogP contribution in [0.1, 0.15) is 16.7 Å². The molecule has 0 aliphatic carbocycles. The van der Waals surface area contributed by atoms with Gasteiger partial charge in [0.1, 0.15) is 0 Å². The molecule has 18 heavy (non-hydrogen) atoms. The standard InChI is InChI=1S/C16H14O2/c17-16(18)11-10-14-8-4-5-9-15(14)12-13-6-2-1-3-7-13/h1-11H,12H2,(H,17,18)/b11-10+. The zero-order chi connectivity index (χ0) is 12.8. The minimum Gasteiger partial charge on any atom is -0.478 e. The van der Waals surface area contributed by atoms with E-state index in [4.69, 9.17) is 5.11 Å². The normalized spacial score (nSPS) is 10.7. The lowest BCUT2D eigenvalue weighted by Gasteiger charge is -2.05. The summed E-state index contributed by atoms with van der Waals surface area (Å²) in [5, 5.41) is 8.67. The average molecular weight is 238 g/mol. The highest BCUT2D eigenvalue weighted by Gasteiger charge is 2.00. The molecular weight excluding hydrogens is 224 g/mol. The molecule has 0 aliphatic heterocycles. The van der Waals surface area contributed by atoms with Gasteiger partial charge in [0, 0.05) is 6.08 Å². The molecule has 0 unspecified atom stereocenters. The second-order valence-corrected chi connectivity index (χ2v) is 4.03. The summed E-state index contributed by atoms with van der Waals surface area (Å²) in [6, 6.07) is 18.0. The minimum atomic E-state index is -0.926. The fraction of sp³-hybridized carbons (Fsp3) is 0.0625. The molecule has 0 atom stereocenters. The molecule has 90 valence electrons. The smallest absolute Gasteiger partial charge is 0.328 e. The first-order valence-corrected chi connectivity index (χ1v) is 5.78. The maximum atomic E-state index is 10.6. The second-order valence-electron chi connectivity index (χ2n) is 4.03. The van der Waals surface area contributed by atoms with Crippen molar-refractivity contribution in [3.8, 4) is 0 Å². The minimum absolute atomic E-state index is 0.807. The number of hydrogen-bond acceptors (Lipinski definition) is 1. The van der Waals surface area contributed by atoms with E-state index in [0.717, 1.165) is 17.5 Å². The van der Waals surface area contributed by atoms with Crippen molar-refractivity contribution in [3.05, 3.63) is 77.4 Å². The van der Waals surface area contributed by atoms with Crippen molar-refractivity contribution in [2.24, 2.45) is 0 Å². The highest BCUT2D eigenvalue weighted by Crippen LogP contribution is 2.15. The molecule has 2 aromatic carbocycles. The molecule has 0 radical (unpaired) electrons. The lowest BCUT2D eigenvalue weighted by Crippen LogP contribution is -1.92. The largest absolute Gasteiger partial charge is 0.478 e. The molecule has 1 N–H and O–H groups in total. The Balaban J connectivity index is 2.25. The van der Waals surface area contributed by atoms with Crippen molar-refractivity contribution in [2.45, 2.75) is 6.42 Å². The van der Waals surface area contributed by atoms with E-state index in [0.29, 0.717) is 0 Å². The van der Waals surface area contributed by atoms with Crippen LogP contribution in [0.3, 0.4) is 0 Å². The van der Waals surface area contributed by atoms with Gasteiger partial charge in [0.15, 0.2) is 0 Å². The average Bonchev–Trinajstić information content (AvgIpc) is 2.39. The summed E-state index contributed by atoms with van der Waals surface area (Å²) in [5.74, 6) is -0.926. The third-order valence-electron chi connectivity index (χ3n) is 2.70. The zero-order valence-electron chi connectivity index (χ0n) is 9.91. The molecule has 0 saturated carbocycles. The third kappa shape index (κ3) is 3.32. The van der Waals surface area contributed by atoms with Crippen molar-refractivity contribution < 1.29 is 9.90 Å². The highest BCUT2D eigenvalue weighted by atomic mass is 16.4. The van der Waals surface area contributed by atoms with Gasteiger partial charge in [-0.3, -0.25) is 0 Å². The number of rotatable bonds is 4. The van der Waals surface area contributed by atoms with Gasteiger partial charge in [-0.05, 0) is 29.2 Å². The Morgan fingerprint density at radius 3 is 2.39 bits per heavy atom. The lowest BCUT2D eigenvalue weighted by molar-refractivity contribution is -0.131. The van der Waals surface area contributed by atoms with Gasteiger partial charge < -0.3 is 5.11 Å². The van der Waals surface area contributed by atoms with Crippen LogP contribution < -0.4 is 0 Å². The van der Waals surface area contributed by atoms with E-state index in [9.17, 15) is 4.79 Å². The molecule has 2 heteroatoms. The molecule has 0 fully saturated rings. The molecule has 2 rings (SSSR count). The molecular formula is C16H14O2. The Labute approximate surface area is 106 Å². The second kappa shape index (κ2) is 5.82. The zero-order valence-corrected chi connectivity index (χ0v) is 9.91. The summed E-state index contributed by atoms with van der Waals surface area (Å²) in [5.41, 5.74) is 3.29. The van der Waals surface area contributed by atoms with Crippen LogP contribution in [0, 0.1) is 0 Å². The number of benzene rings is 2. The van der Waals surface area contributed by atoms with Crippen LogP contribution in [-0.2, 0) is 11.2 Å². The third-order valence-corrected chi connectivity index (χ3v) is 2.70. The first-order valence-electron chi connectivity index (χ1n) is 5.78. The van der Waals surface area contributed by atoms with Crippen LogP contribution in [0.5, 0.6) is 0 Å². The Morgan fingerprint density at radius 2 is 1.67 bits per heavy atom. The summed E-state index contributed by atoms with van der Waals surface area (Å²) < 4.78 is 0. The molecule has 0 aromatic heterocycles. The van der Waals surface area contributed by atoms with E-state index < -0.39 is 5.97 Å². The number of carboxylic acid groups (broad SMARTS) is 1. The van der Waals surface area contributed by atoms with E-state index in [-0.39, 0.29) is 0 Å². The molecule has 0 bridgehead atoms. The topological polar surface area (TPSA) is 37.3 Å². The molecule has 0 spiro atoms. The predicted molar refractivity (Wildman–Crippen MR) is 72.4 cm³/mol. The Bertz CT molecular complexity index is 556. The van der Waals surface area contributed by atoms with Crippen LogP contribution in [0.2, 0.25) is 0 Å². The van der Waals surface area contributed by atoms with Crippen LogP contribution in [0.25, 0.3) is 6.08 Å².